The number of carbonyl (C=O) groups excluding carboxylic acids is 1. The lowest BCUT2D eigenvalue weighted by molar-refractivity contribution is 0.240. The number of hydrogen-bond donors (Lipinski definition) is 2. The van der Waals surface area contributed by atoms with E-state index >= 15 is 0 Å². The molecule has 24 heavy (non-hydrogen) atoms. The number of carbonyl (C=O) groups is 1. The number of amides is 2. The van der Waals surface area contributed by atoms with E-state index in [1.54, 1.807) is 12.1 Å². The number of nitrogens with one attached hydrogen (secondary N) is 2. The summed E-state index contributed by atoms with van der Waals surface area (Å²) in [7, 11) is 0. The number of aryl methyl sites for hydroxylation is 1. The van der Waals surface area contributed by atoms with Gasteiger partial charge in [-0.1, -0.05) is 24.3 Å². The van der Waals surface area contributed by atoms with Gasteiger partial charge in [-0.2, -0.15) is 0 Å². The number of halogens is 1. The minimum atomic E-state index is -0.282. The number of urea groups is 1. The van der Waals surface area contributed by atoms with E-state index in [9.17, 15) is 9.18 Å². The Hall–Kier alpha value is -2.89. The van der Waals surface area contributed by atoms with Crippen molar-refractivity contribution in [3.63, 3.8) is 0 Å². The molecule has 2 N–H and O–H groups in total. The SMILES string of the molecule is O=C(NCCCn1cnc2ccccc21)NCc1ccc(F)cc1. The molecular weight excluding hydrogens is 307 g/mol. The Morgan fingerprint density at radius 2 is 1.88 bits per heavy atom. The van der Waals surface area contributed by atoms with Gasteiger partial charge >= 0.3 is 6.03 Å². The number of benzene rings is 2. The zero-order chi connectivity index (χ0) is 16.8. The van der Waals surface area contributed by atoms with Crippen LogP contribution in [0.2, 0.25) is 0 Å². The minimum Gasteiger partial charge on any atom is -0.338 e. The number of imidazole rings is 1. The summed E-state index contributed by atoms with van der Waals surface area (Å²) in [5, 5.41) is 5.57. The normalized spacial score (nSPS) is 10.7. The van der Waals surface area contributed by atoms with Gasteiger partial charge in [0.05, 0.1) is 17.4 Å². The van der Waals surface area contributed by atoms with Gasteiger partial charge in [0.15, 0.2) is 0 Å². The number of nitrogens with zero attached hydrogens (tertiary/aromatic N) is 2. The van der Waals surface area contributed by atoms with Crippen LogP contribution < -0.4 is 10.6 Å². The molecule has 1 aromatic heterocycles. The number of aromatic nitrogens is 2. The molecular formula is C18H19FN4O. The molecule has 1 heterocycles. The van der Waals surface area contributed by atoms with Gasteiger partial charge in [0.1, 0.15) is 5.82 Å². The summed E-state index contributed by atoms with van der Waals surface area (Å²) in [6.45, 7) is 1.73. The van der Waals surface area contributed by atoms with Crippen molar-refractivity contribution in [2.75, 3.05) is 6.54 Å². The van der Waals surface area contributed by atoms with Crippen molar-refractivity contribution in [1.82, 2.24) is 20.2 Å². The zero-order valence-electron chi connectivity index (χ0n) is 13.2. The first-order valence-corrected chi connectivity index (χ1v) is 7.88. The lowest BCUT2D eigenvalue weighted by Crippen LogP contribution is -2.35. The number of para-hydroxylation sites is 2. The van der Waals surface area contributed by atoms with Crippen LogP contribution >= 0.6 is 0 Å². The van der Waals surface area contributed by atoms with Gasteiger partial charge in [-0.3, -0.25) is 0 Å². The first-order chi connectivity index (χ1) is 11.7. The lowest BCUT2D eigenvalue weighted by atomic mass is 10.2. The molecule has 0 unspecified atom stereocenters. The molecule has 0 bridgehead atoms. The molecule has 5 nitrogen and oxygen atoms in total. The van der Waals surface area contributed by atoms with E-state index in [0.717, 1.165) is 29.6 Å². The summed E-state index contributed by atoms with van der Waals surface area (Å²) in [6, 6.07) is 13.8. The maximum atomic E-state index is 12.8. The van der Waals surface area contributed by atoms with E-state index in [0.29, 0.717) is 13.1 Å². The highest BCUT2D eigenvalue weighted by Crippen LogP contribution is 2.11. The summed E-state index contributed by atoms with van der Waals surface area (Å²) >= 11 is 0. The smallest absolute Gasteiger partial charge is 0.315 e. The molecule has 0 aliphatic heterocycles. The van der Waals surface area contributed by atoms with E-state index in [1.807, 2.05) is 30.6 Å². The fraction of sp³-hybridized carbons (Fsp3) is 0.222. The van der Waals surface area contributed by atoms with E-state index in [-0.39, 0.29) is 11.8 Å². The van der Waals surface area contributed by atoms with Gasteiger partial charge in [0.25, 0.3) is 0 Å². The molecule has 2 amide bonds. The quantitative estimate of drug-likeness (QED) is 0.684. The van der Waals surface area contributed by atoms with Gasteiger partial charge in [0, 0.05) is 19.6 Å². The van der Waals surface area contributed by atoms with Crippen molar-refractivity contribution in [3.05, 3.63) is 66.2 Å². The Morgan fingerprint density at radius 1 is 1.08 bits per heavy atom. The second-order valence-electron chi connectivity index (χ2n) is 5.52. The molecule has 0 atom stereocenters. The lowest BCUT2D eigenvalue weighted by Gasteiger charge is -2.08. The van der Waals surface area contributed by atoms with Gasteiger partial charge in [-0.05, 0) is 36.2 Å². The molecule has 0 aliphatic carbocycles. The maximum absolute atomic E-state index is 12.8. The fourth-order valence-electron chi connectivity index (χ4n) is 2.49. The monoisotopic (exact) mass is 326 g/mol. The highest BCUT2D eigenvalue weighted by Gasteiger charge is 2.03. The molecule has 3 aromatic rings. The maximum Gasteiger partial charge on any atom is 0.315 e. The molecule has 6 heteroatoms. The molecule has 124 valence electrons. The van der Waals surface area contributed by atoms with Crippen LogP contribution in [0.15, 0.2) is 54.9 Å². The first kappa shape index (κ1) is 16.0. The first-order valence-electron chi connectivity index (χ1n) is 7.88. The van der Waals surface area contributed by atoms with Gasteiger partial charge < -0.3 is 15.2 Å². The van der Waals surface area contributed by atoms with E-state index < -0.39 is 0 Å². The molecule has 3 rings (SSSR count). The van der Waals surface area contributed by atoms with Crippen LogP contribution in [0.3, 0.4) is 0 Å². The van der Waals surface area contributed by atoms with Gasteiger partial charge in [-0.25, -0.2) is 14.2 Å². The van der Waals surface area contributed by atoms with E-state index in [1.165, 1.54) is 12.1 Å². The Balaban J connectivity index is 1.38. The van der Waals surface area contributed by atoms with Crippen molar-refractivity contribution in [3.8, 4) is 0 Å². The predicted octanol–water partition coefficient (Wildman–Crippen LogP) is 3.06. The Morgan fingerprint density at radius 3 is 2.71 bits per heavy atom. The average molecular weight is 326 g/mol. The van der Waals surface area contributed by atoms with Crippen LogP contribution in [0.5, 0.6) is 0 Å². The van der Waals surface area contributed by atoms with Crippen LogP contribution in [-0.4, -0.2) is 22.1 Å². The van der Waals surface area contributed by atoms with Crippen LogP contribution in [0, 0.1) is 5.82 Å². The van der Waals surface area contributed by atoms with E-state index in [4.69, 9.17) is 0 Å². The van der Waals surface area contributed by atoms with Crippen LogP contribution in [-0.2, 0) is 13.1 Å². The van der Waals surface area contributed by atoms with Crippen molar-refractivity contribution in [1.29, 1.82) is 0 Å². The van der Waals surface area contributed by atoms with Crippen LogP contribution in [0.25, 0.3) is 11.0 Å². The highest BCUT2D eigenvalue weighted by molar-refractivity contribution is 5.75. The van der Waals surface area contributed by atoms with Crippen molar-refractivity contribution >= 4 is 17.1 Å². The second-order valence-corrected chi connectivity index (χ2v) is 5.52. The highest BCUT2D eigenvalue weighted by atomic mass is 19.1. The summed E-state index contributed by atoms with van der Waals surface area (Å²) in [5.41, 5.74) is 2.93. The van der Waals surface area contributed by atoms with E-state index in [2.05, 4.69) is 20.2 Å². The molecule has 0 radical (unpaired) electrons. The molecule has 0 aliphatic rings. The van der Waals surface area contributed by atoms with Crippen LogP contribution in [0.4, 0.5) is 9.18 Å². The van der Waals surface area contributed by atoms with Crippen molar-refractivity contribution < 1.29 is 9.18 Å². The third-order valence-electron chi connectivity index (χ3n) is 3.76. The molecule has 0 fully saturated rings. The number of fused-ring (bicyclic) bond motifs is 1. The minimum absolute atomic E-state index is 0.227. The predicted molar refractivity (Wildman–Crippen MR) is 91.0 cm³/mol. The molecule has 0 saturated heterocycles. The molecule has 0 spiro atoms. The van der Waals surface area contributed by atoms with Gasteiger partial charge in [-0.15, -0.1) is 0 Å². The fourth-order valence-corrected chi connectivity index (χ4v) is 2.49. The van der Waals surface area contributed by atoms with Gasteiger partial charge in [0.2, 0.25) is 0 Å². The third kappa shape index (κ3) is 4.10. The second kappa shape index (κ2) is 7.59. The summed E-state index contributed by atoms with van der Waals surface area (Å²) in [6.07, 6.45) is 2.63. The Labute approximate surface area is 139 Å². The molecule has 2 aromatic carbocycles. The largest absolute Gasteiger partial charge is 0.338 e. The number of rotatable bonds is 6. The average Bonchev–Trinajstić information content (AvgIpc) is 3.01. The zero-order valence-corrected chi connectivity index (χ0v) is 13.2. The Bertz CT molecular complexity index is 813. The van der Waals surface area contributed by atoms with Crippen LogP contribution in [0.1, 0.15) is 12.0 Å². The standard InChI is InChI=1S/C18H19FN4O/c19-15-8-6-14(7-9-15)12-21-18(24)20-10-3-11-23-13-22-16-4-1-2-5-17(16)23/h1-2,4-9,13H,3,10-12H2,(H2,20,21,24). The summed E-state index contributed by atoms with van der Waals surface area (Å²) < 4.78 is 14.9. The topological polar surface area (TPSA) is 59.0 Å². The summed E-state index contributed by atoms with van der Waals surface area (Å²) in [5.74, 6) is -0.282. The third-order valence-corrected chi connectivity index (χ3v) is 3.76. The van der Waals surface area contributed by atoms with Crippen molar-refractivity contribution in [2.24, 2.45) is 0 Å². The van der Waals surface area contributed by atoms with Crippen molar-refractivity contribution in [2.45, 2.75) is 19.5 Å². The molecule has 0 saturated carbocycles. The Kier molecular flexibility index (Phi) is 5.05. The number of hydrogen-bond acceptors (Lipinski definition) is 2. The summed E-state index contributed by atoms with van der Waals surface area (Å²) in [4.78, 5) is 16.1.